The van der Waals surface area contributed by atoms with Crippen molar-refractivity contribution in [2.45, 2.75) is 25.2 Å². The number of hydrogen-bond donors (Lipinski definition) is 1. The lowest BCUT2D eigenvalue weighted by Gasteiger charge is -2.39. The van der Waals surface area contributed by atoms with Gasteiger partial charge < -0.3 is 14.8 Å². The van der Waals surface area contributed by atoms with Crippen LogP contribution in [0.15, 0.2) is 70.4 Å². The van der Waals surface area contributed by atoms with Gasteiger partial charge in [-0.25, -0.2) is 4.79 Å². The van der Waals surface area contributed by atoms with Crippen molar-refractivity contribution in [3.05, 3.63) is 80.8 Å². The number of dihydropyridines is 1. The number of carbonyl (C=O) groups excluding carboxylic acids is 3. The number of esters is 2. The maximum atomic E-state index is 13.8. The SMILES string of the molecule is COC(=O)C1=C(C)NC2=C(C(=O)C(C(=O)OC)C(c3cccs3)C2)C1c1ccccc1. The van der Waals surface area contributed by atoms with Gasteiger partial charge in [0, 0.05) is 33.7 Å². The van der Waals surface area contributed by atoms with Crippen LogP contribution in [0, 0.1) is 5.92 Å². The predicted molar refractivity (Wildman–Crippen MR) is 116 cm³/mol. The first-order valence-electron chi connectivity index (χ1n) is 9.97. The van der Waals surface area contributed by atoms with E-state index in [4.69, 9.17) is 9.47 Å². The van der Waals surface area contributed by atoms with Crippen LogP contribution in [-0.4, -0.2) is 31.9 Å². The normalized spacial score (nSPS) is 23.2. The molecule has 7 heteroatoms. The first-order valence-corrected chi connectivity index (χ1v) is 10.8. The van der Waals surface area contributed by atoms with E-state index in [9.17, 15) is 14.4 Å². The number of ketones is 1. The largest absolute Gasteiger partial charge is 0.468 e. The maximum absolute atomic E-state index is 13.8. The molecule has 0 bridgehead atoms. The Hall–Kier alpha value is -3.19. The van der Waals surface area contributed by atoms with E-state index in [0.717, 1.165) is 16.1 Å². The van der Waals surface area contributed by atoms with Gasteiger partial charge in [0.25, 0.3) is 0 Å². The number of nitrogens with one attached hydrogen (secondary N) is 1. The van der Waals surface area contributed by atoms with E-state index in [1.807, 2.05) is 54.8 Å². The molecular weight excluding hydrogens is 414 g/mol. The average molecular weight is 438 g/mol. The van der Waals surface area contributed by atoms with E-state index in [2.05, 4.69) is 5.32 Å². The molecule has 0 radical (unpaired) electrons. The second kappa shape index (κ2) is 8.51. The summed E-state index contributed by atoms with van der Waals surface area (Å²) in [6.45, 7) is 1.81. The number of ether oxygens (including phenoxy) is 2. The molecule has 2 heterocycles. The Morgan fingerprint density at radius 1 is 1.06 bits per heavy atom. The van der Waals surface area contributed by atoms with Crippen LogP contribution < -0.4 is 5.32 Å². The van der Waals surface area contributed by atoms with Gasteiger partial charge in [0.05, 0.1) is 19.8 Å². The standard InChI is InChI=1S/C24H23NO5S/c1-13-18(23(27)29-2)19(14-8-5-4-6-9-14)21-16(25-13)12-15(17-10-7-11-31-17)20(22(21)26)24(28)30-3/h4-11,15,19-20,25H,12H2,1-3H3. The van der Waals surface area contributed by atoms with E-state index >= 15 is 0 Å². The quantitative estimate of drug-likeness (QED) is 0.581. The van der Waals surface area contributed by atoms with Crippen molar-refractivity contribution < 1.29 is 23.9 Å². The highest BCUT2D eigenvalue weighted by Crippen LogP contribution is 2.48. The number of rotatable bonds is 4. The second-order valence-corrected chi connectivity index (χ2v) is 8.56. The molecule has 1 N–H and O–H groups in total. The van der Waals surface area contributed by atoms with Crippen molar-refractivity contribution in [2.75, 3.05) is 14.2 Å². The van der Waals surface area contributed by atoms with E-state index < -0.39 is 23.8 Å². The van der Waals surface area contributed by atoms with Gasteiger partial charge in [0.15, 0.2) is 5.78 Å². The van der Waals surface area contributed by atoms with Crippen molar-refractivity contribution in [1.29, 1.82) is 0 Å². The smallest absolute Gasteiger partial charge is 0.336 e. The third kappa shape index (κ3) is 3.59. The van der Waals surface area contributed by atoms with Crippen molar-refractivity contribution >= 4 is 29.1 Å². The van der Waals surface area contributed by atoms with Crippen molar-refractivity contribution in [3.63, 3.8) is 0 Å². The van der Waals surface area contributed by atoms with Crippen LogP contribution in [0.3, 0.4) is 0 Å². The molecular formula is C24H23NO5S. The Morgan fingerprint density at radius 2 is 1.81 bits per heavy atom. The number of hydrogen-bond acceptors (Lipinski definition) is 7. The zero-order valence-corrected chi connectivity index (χ0v) is 18.3. The molecule has 6 nitrogen and oxygen atoms in total. The minimum atomic E-state index is -0.965. The van der Waals surface area contributed by atoms with Gasteiger partial charge in [0.1, 0.15) is 5.92 Å². The number of allylic oxidation sites excluding steroid dienone is 3. The molecule has 2 aromatic rings. The fourth-order valence-corrected chi connectivity index (χ4v) is 5.43. The van der Waals surface area contributed by atoms with E-state index in [-0.39, 0.29) is 11.7 Å². The van der Waals surface area contributed by atoms with Crippen LogP contribution >= 0.6 is 11.3 Å². The Balaban J connectivity index is 1.90. The predicted octanol–water partition coefficient (Wildman–Crippen LogP) is 3.68. The van der Waals surface area contributed by atoms with E-state index in [1.165, 1.54) is 25.6 Å². The third-order valence-electron chi connectivity index (χ3n) is 5.92. The topological polar surface area (TPSA) is 81.7 Å². The molecule has 3 atom stereocenters. The van der Waals surface area contributed by atoms with Crippen molar-refractivity contribution in [3.8, 4) is 0 Å². The summed E-state index contributed by atoms with van der Waals surface area (Å²) in [5.41, 5.74) is 2.98. The molecule has 3 unspecified atom stereocenters. The second-order valence-electron chi connectivity index (χ2n) is 7.58. The van der Waals surface area contributed by atoms with E-state index in [0.29, 0.717) is 23.3 Å². The minimum absolute atomic E-state index is 0.318. The fourth-order valence-electron chi connectivity index (χ4n) is 4.56. The third-order valence-corrected chi connectivity index (χ3v) is 6.93. The summed E-state index contributed by atoms with van der Waals surface area (Å²) in [6, 6.07) is 13.2. The van der Waals surface area contributed by atoms with Gasteiger partial charge in [-0.3, -0.25) is 9.59 Å². The van der Waals surface area contributed by atoms with Crippen LogP contribution in [0.1, 0.15) is 35.6 Å². The molecule has 0 amide bonds. The molecule has 1 aliphatic heterocycles. The molecule has 160 valence electrons. The minimum Gasteiger partial charge on any atom is -0.468 e. The maximum Gasteiger partial charge on any atom is 0.336 e. The lowest BCUT2D eigenvalue weighted by Crippen LogP contribution is -2.43. The van der Waals surface area contributed by atoms with Gasteiger partial charge in [-0.1, -0.05) is 36.4 Å². The average Bonchev–Trinajstić information content (AvgIpc) is 3.32. The lowest BCUT2D eigenvalue weighted by atomic mass is 9.68. The van der Waals surface area contributed by atoms with E-state index in [1.54, 1.807) is 0 Å². The molecule has 1 aliphatic carbocycles. The van der Waals surface area contributed by atoms with Crippen molar-refractivity contribution in [2.24, 2.45) is 5.92 Å². The van der Waals surface area contributed by atoms with Crippen LogP contribution in [0.4, 0.5) is 0 Å². The van der Waals surface area contributed by atoms with Crippen LogP contribution in [0.2, 0.25) is 0 Å². The lowest BCUT2D eigenvalue weighted by molar-refractivity contribution is -0.149. The molecule has 0 fully saturated rings. The number of thiophene rings is 1. The highest BCUT2D eigenvalue weighted by molar-refractivity contribution is 7.10. The van der Waals surface area contributed by atoms with Crippen molar-refractivity contribution in [1.82, 2.24) is 5.32 Å². The molecule has 31 heavy (non-hydrogen) atoms. The highest BCUT2D eigenvalue weighted by atomic mass is 32.1. The fraction of sp³-hybridized carbons (Fsp3) is 0.292. The first kappa shape index (κ1) is 21.1. The molecule has 0 saturated carbocycles. The number of carbonyl (C=O) groups is 3. The Labute approximate surface area is 184 Å². The highest BCUT2D eigenvalue weighted by Gasteiger charge is 2.49. The molecule has 1 aromatic heterocycles. The summed E-state index contributed by atoms with van der Waals surface area (Å²) in [7, 11) is 2.62. The van der Waals surface area contributed by atoms with Crippen LogP contribution in [0.25, 0.3) is 0 Å². The molecule has 1 aromatic carbocycles. The molecule has 2 aliphatic rings. The first-order chi connectivity index (χ1) is 15.0. The molecule has 0 saturated heterocycles. The van der Waals surface area contributed by atoms with Gasteiger partial charge >= 0.3 is 11.9 Å². The van der Waals surface area contributed by atoms with Gasteiger partial charge in [-0.05, 0) is 30.4 Å². The Kier molecular flexibility index (Phi) is 5.78. The monoisotopic (exact) mass is 437 g/mol. The van der Waals surface area contributed by atoms with Gasteiger partial charge in [-0.2, -0.15) is 0 Å². The summed E-state index contributed by atoms with van der Waals surface area (Å²) in [5.74, 6) is -3.29. The van der Waals surface area contributed by atoms with Gasteiger partial charge in [-0.15, -0.1) is 11.3 Å². The summed E-state index contributed by atoms with van der Waals surface area (Å²) < 4.78 is 10.1. The Morgan fingerprint density at radius 3 is 2.42 bits per heavy atom. The van der Waals surface area contributed by atoms with Crippen LogP contribution in [0.5, 0.6) is 0 Å². The molecule has 4 rings (SSSR count). The number of benzene rings is 1. The molecule has 0 spiro atoms. The number of Topliss-reactive ketones (excluding diaryl/α,β-unsaturated/α-hetero) is 1. The summed E-state index contributed by atoms with van der Waals surface area (Å²) in [4.78, 5) is 40.3. The Bertz CT molecular complexity index is 1080. The summed E-state index contributed by atoms with van der Waals surface area (Å²) >= 11 is 1.51. The van der Waals surface area contributed by atoms with Crippen LogP contribution in [-0.2, 0) is 23.9 Å². The number of methoxy groups -OCH3 is 2. The van der Waals surface area contributed by atoms with Gasteiger partial charge in [0.2, 0.25) is 0 Å². The summed E-state index contributed by atoms with van der Waals surface area (Å²) in [5, 5.41) is 5.20. The zero-order chi connectivity index (χ0) is 22.1. The summed E-state index contributed by atoms with van der Waals surface area (Å²) in [6.07, 6.45) is 0.469. The zero-order valence-electron chi connectivity index (χ0n) is 17.5.